The minimum absolute atomic E-state index is 0.437. The molecule has 0 aromatic heterocycles. The SMILES string of the molecule is CC(C)(C)C(C)(C)C.CC(C)(C)C(C)(C)C.CC(C)C(C)C(C)C.CC1(C2CC2)CC1.CCC(C)(C)C(C)(C)C.CCC(C)(C)C(C)C.CCC(C)C(C)(C)C.CC[C@@H](C)C(C)(C)C. The van der Waals surface area contributed by atoms with Crippen LogP contribution in [0.5, 0.6) is 0 Å². The molecule has 0 aromatic rings. The molecule has 0 aromatic carbocycles. The molecule has 0 aliphatic heterocycles. The Kier molecular flexibility index (Phi) is 36.1. The molecular weight excluding hydrogens is 769 g/mol. The highest BCUT2D eigenvalue weighted by atomic mass is 14.5. The van der Waals surface area contributed by atoms with Crippen molar-refractivity contribution in [2.75, 3.05) is 0 Å². The van der Waals surface area contributed by atoms with Crippen LogP contribution in [0.1, 0.15) is 321 Å². The molecule has 396 valence electrons. The van der Waals surface area contributed by atoms with Crippen LogP contribution in [0.3, 0.4) is 0 Å². The van der Waals surface area contributed by atoms with E-state index in [1.165, 1.54) is 51.4 Å². The van der Waals surface area contributed by atoms with Crippen molar-refractivity contribution in [3.05, 3.63) is 0 Å². The Morgan fingerprint density at radius 1 is 0.391 bits per heavy atom. The summed E-state index contributed by atoms with van der Waals surface area (Å²) in [5.74, 6) is 6.23. The second-order valence-corrected chi connectivity index (χ2v) is 31.1. The minimum Gasteiger partial charge on any atom is -0.0651 e. The average molecular weight is 910 g/mol. The molecule has 0 bridgehead atoms. The van der Waals surface area contributed by atoms with Gasteiger partial charge in [0.1, 0.15) is 0 Å². The van der Waals surface area contributed by atoms with Crippen LogP contribution in [0.4, 0.5) is 0 Å². The van der Waals surface area contributed by atoms with Gasteiger partial charge in [-0.15, -0.1) is 0 Å². The van der Waals surface area contributed by atoms with Gasteiger partial charge in [0, 0.05) is 0 Å². The van der Waals surface area contributed by atoms with E-state index in [0.29, 0.717) is 48.7 Å². The monoisotopic (exact) mass is 909 g/mol. The third-order valence-corrected chi connectivity index (χ3v) is 18.8. The molecule has 1 unspecified atom stereocenters. The summed E-state index contributed by atoms with van der Waals surface area (Å²) in [6.45, 7) is 89.3. The van der Waals surface area contributed by atoms with Crippen LogP contribution in [-0.2, 0) is 0 Å². The molecule has 2 saturated carbocycles. The Morgan fingerprint density at radius 2 is 0.641 bits per heavy atom. The molecule has 2 fully saturated rings. The number of rotatable bonds is 8. The molecule has 0 saturated heterocycles. The molecule has 2 rings (SSSR count). The Bertz CT molecular complexity index is 981. The van der Waals surface area contributed by atoms with Crippen LogP contribution in [0.2, 0.25) is 0 Å². The van der Waals surface area contributed by atoms with E-state index in [0.717, 1.165) is 46.8 Å². The van der Waals surface area contributed by atoms with Gasteiger partial charge in [-0.05, 0) is 121 Å². The first-order valence-electron chi connectivity index (χ1n) is 27.6. The average Bonchev–Trinajstić information content (AvgIpc) is 4.03. The van der Waals surface area contributed by atoms with Crippen LogP contribution >= 0.6 is 0 Å². The van der Waals surface area contributed by atoms with E-state index in [1.807, 2.05) is 0 Å². The molecule has 2 atom stereocenters. The molecule has 0 spiro atoms. The van der Waals surface area contributed by atoms with Crippen molar-refractivity contribution in [3.63, 3.8) is 0 Å². The summed E-state index contributed by atoms with van der Waals surface area (Å²) in [6, 6.07) is 0. The van der Waals surface area contributed by atoms with Gasteiger partial charge in [-0.1, -0.05) is 296 Å². The molecule has 0 nitrogen and oxygen atoms in total. The van der Waals surface area contributed by atoms with Crippen LogP contribution in [0, 0.1) is 95.6 Å². The summed E-state index contributed by atoms with van der Waals surface area (Å²) in [4.78, 5) is 0. The maximum absolute atomic E-state index is 2.44. The second kappa shape index (κ2) is 30.6. The Morgan fingerprint density at radius 3 is 0.656 bits per heavy atom. The molecule has 0 amide bonds. The van der Waals surface area contributed by atoms with Crippen molar-refractivity contribution in [1.82, 2.24) is 0 Å². The zero-order valence-electron chi connectivity index (χ0n) is 53.7. The van der Waals surface area contributed by atoms with Gasteiger partial charge >= 0.3 is 0 Å². The van der Waals surface area contributed by atoms with Gasteiger partial charge in [0.25, 0.3) is 0 Å². The van der Waals surface area contributed by atoms with E-state index in [9.17, 15) is 0 Å². The molecule has 0 heterocycles. The van der Waals surface area contributed by atoms with E-state index < -0.39 is 0 Å². The number of hydrogen-bond donors (Lipinski definition) is 0. The summed E-state index contributed by atoms with van der Waals surface area (Å²) >= 11 is 0. The van der Waals surface area contributed by atoms with Gasteiger partial charge in [0.2, 0.25) is 0 Å². The predicted octanol–water partition coefficient (Wildman–Crippen LogP) is 24.0. The first kappa shape index (κ1) is 75.5. The smallest absolute Gasteiger partial charge is 0.0297 e. The molecule has 0 heteroatoms. The first-order valence-corrected chi connectivity index (χ1v) is 27.6. The van der Waals surface area contributed by atoms with Gasteiger partial charge in [-0.3, -0.25) is 0 Å². The highest BCUT2D eigenvalue weighted by molar-refractivity contribution is 5.00. The van der Waals surface area contributed by atoms with Gasteiger partial charge in [0.05, 0.1) is 0 Å². The largest absolute Gasteiger partial charge is 0.0651 e. The fraction of sp³-hybridized carbons (Fsp3) is 1.00. The van der Waals surface area contributed by atoms with E-state index in [4.69, 9.17) is 0 Å². The summed E-state index contributed by atoms with van der Waals surface area (Å²) < 4.78 is 0. The molecular formula is C64H140. The van der Waals surface area contributed by atoms with Gasteiger partial charge in [-0.25, -0.2) is 0 Å². The van der Waals surface area contributed by atoms with Crippen molar-refractivity contribution in [2.45, 2.75) is 321 Å². The van der Waals surface area contributed by atoms with Crippen LogP contribution in [0.25, 0.3) is 0 Å². The molecule has 2 aliphatic carbocycles. The highest BCUT2D eigenvalue weighted by Gasteiger charge is 2.49. The Hall–Kier alpha value is 0. The van der Waals surface area contributed by atoms with E-state index in [-0.39, 0.29) is 0 Å². The standard InChI is InChI=1S/C9H20.6C8H18.C7H12/c1-7-9(5,6)8(2,3)4;2*1-7(2,3)8(4,5)6;2*1-6-7(2)8(3,4)5;1-6-8(4,5)7(2)3;1-6(2)8(5)7(3)4;1-7(4-5-7)6-2-3-6/h7H2,1-6H3;2*1-6H3;3*7H,6H2,1-5H3;6-8H,1-5H3;6H,2-5H2,1H3/t;;;7-;;;;/m...1..../s1. The van der Waals surface area contributed by atoms with Crippen LogP contribution in [-0.4, -0.2) is 0 Å². The maximum Gasteiger partial charge on any atom is -0.0297 e. The minimum atomic E-state index is 0.437. The highest BCUT2D eigenvalue weighted by Crippen LogP contribution is 2.60. The quantitative estimate of drug-likeness (QED) is 0.228. The van der Waals surface area contributed by atoms with E-state index in [1.54, 1.807) is 0 Å². The fourth-order valence-corrected chi connectivity index (χ4v) is 4.32. The predicted molar refractivity (Wildman–Crippen MR) is 307 cm³/mol. The Balaban J connectivity index is -0.000000150. The Labute approximate surface area is 415 Å². The summed E-state index contributed by atoms with van der Waals surface area (Å²) in [6.07, 6.45) is 11.3. The van der Waals surface area contributed by atoms with E-state index >= 15 is 0 Å². The van der Waals surface area contributed by atoms with Crippen molar-refractivity contribution >= 4 is 0 Å². The van der Waals surface area contributed by atoms with Crippen LogP contribution in [0.15, 0.2) is 0 Å². The van der Waals surface area contributed by atoms with Crippen molar-refractivity contribution in [1.29, 1.82) is 0 Å². The van der Waals surface area contributed by atoms with Crippen LogP contribution < -0.4 is 0 Å². The molecule has 0 N–H and O–H groups in total. The van der Waals surface area contributed by atoms with Crippen molar-refractivity contribution in [3.8, 4) is 0 Å². The topological polar surface area (TPSA) is 0 Å². The summed E-state index contributed by atoms with van der Waals surface area (Å²) in [5.41, 5.74) is 5.10. The van der Waals surface area contributed by atoms with E-state index in [2.05, 4.69) is 270 Å². The maximum atomic E-state index is 2.44. The first-order chi connectivity index (χ1) is 27.6. The summed E-state index contributed by atoms with van der Waals surface area (Å²) in [5, 5.41) is 0. The lowest BCUT2D eigenvalue weighted by Crippen LogP contribution is -2.28. The lowest BCUT2D eigenvalue weighted by molar-refractivity contribution is 0.126. The van der Waals surface area contributed by atoms with Crippen molar-refractivity contribution < 1.29 is 0 Å². The number of hydrogen-bond acceptors (Lipinski definition) is 0. The summed E-state index contributed by atoms with van der Waals surface area (Å²) in [7, 11) is 0. The van der Waals surface area contributed by atoms with Gasteiger partial charge in [0.15, 0.2) is 0 Å². The fourth-order valence-electron chi connectivity index (χ4n) is 4.32. The normalized spacial score (nSPS) is 16.5. The zero-order chi connectivity index (χ0) is 53.7. The zero-order valence-corrected chi connectivity index (χ0v) is 53.7. The molecule has 64 heavy (non-hydrogen) atoms. The molecule has 2 aliphatic rings. The lowest BCUT2D eigenvalue weighted by atomic mass is 9.68. The second-order valence-electron chi connectivity index (χ2n) is 31.1. The third-order valence-electron chi connectivity index (χ3n) is 18.8. The van der Waals surface area contributed by atoms with Gasteiger partial charge < -0.3 is 0 Å². The third kappa shape index (κ3) is 38.9. The van der Waals surface area contributed by atoms with Crippen molar-refractivity contribution in [2.24, 2.45) is 95.6 Å². The molecule has 0 radical (unpaired) electrons. The van der Waals surface area contributed by atoms with Gasteiger partial charge in [-0.2, -0.15) is 0 Å². The lowest BCUT2D eigenvalue weighted by Gasteiger charge is -2.37.